The Kier molecular flexibility index (Phi) is 6.31. The summed E-state index contributed by atoms with van der Waals surface area (Å²) in [5, 5.41) is 9.59. The SMILES string of the molecule is COc1cc(-c2nc(-c3cc(C)nc(CO)c3)c3n2C[C@@H](C)OCC3)ccc1OC(F)(F)F. The molecule has 1 aliphatic rings. The monoisotopic (exact) mass is 463 g/mol. The van der Waals surface area contributed by atoms with Crippen LogP contribution in [0.2, 0.25) is 0 Å². The number of nitrogens with zero attached hydrogens (tertiary/aromatic N) is 3. The standard InChI is InChI=1S/C23H24F3N3O4/c1-13-8-16(9-17(12-30)27-13)21-18-6-7-32-14(2)11-29(18)22(28-21)15-4-5-19(20(10-15)31-3)33-23(24,25)26/h4-5,8-10,14,30H,6-7,11-12H2,1-3H3/t14-/m1/s1. The molecule has 0 saturated carbocycles. The van der Waals surface area contributed by atoms with Crippen LogP contribution < -0.4 is 9.47 Å². The molecule has 7 nitrogen and oxygen atoms in total. The molecule has 10 heteroatoms. The molecule has 3 aromatic rings. The summed E-state index contributed by atoms with van der Waals surface area (Å²) in [4.78, 5) is 9.20. The summed E-state index contributed by atoms with van der Waals surface area (Å²) in [5.41, 5.74) is 4.32. The fourth-order valence-corrected chi connectivity index (χ4v) is 4.03. The van der Waals surface area contributed by atoms with Gasteiger partial charge in [0.1, 0.15) is 5.82 Å². The molecule has 1 atom stereocenters. The summed E-state index contributed by atoms with van der Waals surface area (Å²) in [6, 6.07) is 7.91. The zero-order chi connectivity index (χ0) is 23.8. The minimum absolute atomic E-state index is 0.0519. The Labute approximate surface area is 188 Å². The van der Waals surface area contributed by atoms with Gasteiger partial charge in [0.2, 0.25) is 0 Å². The van der Waals surface area contributed by atoms with E-state index in [0.717, 1.165) is 22.6 Å². The predicted molar refractivity (Wildman–Crippen MR) is 114 cm³/mol. The lowest BCUT2D eigenvalue weighted by atomic mass is 10.1. The number of aliphatic hydroxyl groups excluding tert-OH is 1. The average Bonchev–Trinajstić information content (AvgIpc) is 2.99. The molecule has 0 fully saturated rings. The van der Waals surface area contributed by atoms with Gasteiger partial charge in [-0.2, -0.15) is 0 Å². The lowest BCUT2D eigenvalue weighted by Gasteiger charge is -2.15. The lowest BCUT2D eigenvalue weighted by Crippen LogP contribution is -2.17. The number of ether oxygens (including phenoxy) is 3. The number of methoxy groups -OCH3 is 1. The minimum atomic E-state index is -4.83. The molecule has 3 heterocycles. The van der Waals surface area contributed by atoms with Gasteiger partial charge in [-0.05, 0) is 44.2 Å². The molecule has 4 rings (SSSR count). The van der Waals surface area contributed by atoms with Gasteiger partial charge in [0.05, 0.1) is 44.4 Å². The molecule has 1 aromatic carbocycles. The fraction of sp³-hybridized carbons (Fsp3) is 0.391. The molecule has 1 N–H and O–H groups in total. The quantitative estimate of drug-likeness (QED) is 0.609. The van der Waals surface area contributed by atoms with Gasteiger partial charge in [-0.3, -0.25) is 4.98 Å². The highest BCUT2D eigenvalue weighted by Gasteiger charge is 2.33. The van der Waals surface area contributed by atoms with Gasteiger partial charge in [-0.15, -0.1) is 13.2 Å². The molecular weight excluding hydrogens is 439 g/mol. The highest BCUT2D eigenvalue weighted by molar-refractivity contribution is 5.70. The van der Waals surface area contributed by atoms with E-state index < -0.39 is 12.1 Å². The largest absolute Gasteiger partial charge is 0.573 e. The first-order valence-electron chi connectivity index (χ1n) is 10.4. The predicted octanol–water partition coefficient (Wildman–Crippen LogP) is 4.28. The normalized spacial score (nSPS) is 16.3. The van der Waals surface area contributed by atoms with Crippen LogP contribution in [0.3, 0.4) is 0 Å². The van der Waals surface area contributed by atoms with Crippen LogP contribution in [0.4, 0.5) is 13.2 Å². The van der Waals surface area contributed by atoms with Gasteiger partial charge in [0.25, 0.3) is 0 Å². The first kappa shape index (κ1) is 23.1. The molecular formula is C23H24F3N3O4. The van der Waals surface area contributed by atoms with Gasteiger partial charge < -0.3 is 23.9 Å². The van der Waals surface area contributed by atoms with Crippen LogP contribution in [0.25, 0.3) is 22.6 Å². The van der Waals surface area contributed by atoms with E-state index in [0.29, 0.717) is 36.7 Å². The molecule has 0 amide bonds. The number of hydrogen-bond acceptors (Lipinski definition) is 6. The first-order chi connectivity index (χ1) is 15.7. The van der Waals surface area contributed by atoms with E-state index in [1.165, 1.54) is 25.3 Å². The molecule has 0 saturated heterocycles. The second-order valence-electron chi connectivity index (χ2n) is 7.83. The maximum Gasteiger partial charge on any atom is 0.573 e. The second-order valence-corrected chi connectivity index (χ2v) is 7.83. The number of alkyl halides is 3. The Balaban J connectivity index is 1.87. The van der Waals surface area contributed by atoms with E-state index >= 15 is 0 Å². The molecule has 176 valence electrons. The maximum absolute atomic E-state index is 12.7. The van der Waals surface area contributed by atoms with Gasteiger partial charge in [0, 0.05) is 28.9 Å². The molecule has 2 aromatic heterocycles. The fourth-order valence-electron chi connectivity index (χ4n) is 4.03. The Hall–Kier alpha value is -3.11. The van der Waals surface area contributed by atoms with Gasteiger partial charge in [0.15, 0.2) is 11.5 Å². The zero-order valence-electron chi connectivity index (χ0n) is 18.4. The Morgan fingerprint density at radius 3 is 2.64 bits per heavy atom. The molecule has 0 spiro atoms. The number of hydrogen-bond donors (Lipinski definition) is 1. The number of aryl methyl sites for hydroxylation is 1. The van der Waals surface area contributed by atoms with Crippen molar-refractivity contribution in [2.45, 2.75) is 45.9 Å². The highest BCUT2D eigenvalue weighted by atomic mass is 19.4. The van der Waals surface area contributed by atoms with Crippen LogP contribution in [-0.4, -0.2) is 45.8 Å². The third-order valence-electron chi connectivity index (χ3n) is 5.34. The van der Waals surface area contributed by atoms with Gasteiger partial charge in [-0.25, -0.2) is 4.98 Å². The second kappa shape index (κ2) is 9.03. The summed E-state index contributed by atoms with van der Waals surface area (Å²) >= 11 is 0. The molecule has 33 heavy (non-hydrogen) atoms. The van der Waals surface area contributed by atoms with Gasteiger partial charge >= 0.3 is 6.36 Å². The Morgan fingerprint density at radius 2 is 1.94 bits per heavy atom. The molecule has 0 radical (unpaired) electrons. The summed E-state index contributed by atoms with van der Waals surface area (Å²) in [6.45, 7) is 4.64. The van der Waals surface area contributed by atoms with Crippen LogP contribution >= 0.6 is 0 Å². The molecule has 1 aliphatic heterocycles. The van der Waals surface area contributed by atoms with E-state index in [2.05, 4.69) is 9.72 Å². The number of halogens is 3. The maximum atomic E-state index is 12.7. The van der Waals surface area contributed by atoms with E-state index in [1.807, 2.05) is 24.5 Å². The number of pyridine rings is 1. The van der Waals surface area contributed by atoms with Crippen LogP contribution in [0.5, 0.6) is 11.5 Å². The summed E-state index contributed by atoms with van der Waals surface area (Å²) < 4.78 is 55.3. The number of benzene rings is 1. The van der Waals surface area contributed by atoms with Crippen molar-refractivity contribution in [1.82, 2.24) is 14.5 Å². The molecule has 0 bridgehead atoms. The van der Waals surface area contributed by atoms with E-state index in [9.17, 15) is 18.3 Å². The number of rotatable bonds is 5. The summed E-state index contributed by atoms with van der Waals surface area (Å²) in [6.07, 6.45) is -4.30. The number of aliphatic hydroxyl groups is 1. The van der Waals surface area contributed by atoms with E-state index in [1.54, 1.807) is 6.07 Å². The number of fused-ring (bicyclic) bond motifs is 1. The molecule has 0 unspecified atom stereocenters. The third kappa shape index (κ3) is 4.96. The zero-order valence-corrected chi connectivity index (χ0v) is 18.4. The van der Waals surface area contributed by atoms with Crippen LogP contribution in [0.1, 0.15) is 24.0 Å². The highest BCUT2D eigenvalue weighted by Crippen LogP contribution is 2.38. The Bertz CT molecular complexity index is 1160. The minimum Gasteiger partial charge on any atom is -0.493 e. The van der Waals surface area contributed by atoms with Crippen molar-refractivity contribution in [3.05, 3.63) is 47.4 Å². The van der Waals surface area contributed by atoms with Crippen molar-refractivity contribution >= 4 is 0 Å². The van der Waals surface area contributed by atoms with E-state index in [4.69, 9.17) is 14.5 Å². The van der Waals surface area contributed by atoms with Crippen LogP contribution in [-0.2, 0) is 24.3 Å². The van der Waals surface area contributed by atoms with Crippen LogP contribution in [0.15, 0.2) is 30.3 Å². The molecule has 0 aliphatic carbocycles. The Morgan fingerprint density at radius 1 is 1.15 bits per heavy atom. The third-order valence-corrected chi connectivity index (χ3v) is 5.34. The van der Waals surface area contributed by atoms with Crippen molar-refractivity contribution in [1.29, 1.82) is 0 Å². The number of imidazole rings is 1. The van der Waals surface area contributed by atoms with Crippen molar-refractivity contribution < 1.29 is 32.5 Å². The van der Waals surface area contributed by atoms with E-state index in [-0.39, 0.29) is 18.5 Å². The van der Waals surface area contributed by atoms with Crippen molar-refractivity contribution in [3.63, 3.8) is 0 Å². The van der Waals surface area contributed by atoms with Crippen LogP contribution in [0, 0.1) is 6.92 Å². The van der Waals surface area contributed by atoms with Crippen molar-refractivity contribution in [2.75, 3.05) is 13.7 Å². The first-order valence-corrected chi connectivity index (χ1v) is 10.4. The number of aromatic nitrogens is 3. The van der Waals surface area contributed by atoms with Crippen molar-refractivity contribution in [3.8, 4) is 34.1 Å². The smallest absolute Gasteiger partial charge is 0.493 e. The topological polar surface area (TPSA) is 78.6 Å². The van der Waals surface area contributed by atoms with Gasteiger partial charge in [-0.1, -0.05) is 0 Å². The average molecular weight is 463 g/mol. The summed E-state index contributed by atoms with van der Waals surface area (Å²) in [5.74, 6) is 0.101. The van der Waals surface area contributed by atoms with Crippen molar-refractivity contribution in [2.24, 2.45) is 0 Å². The lowest BCUT2D eigenvalue weighted by molar-refractivity contribution is -0.275. The summed E-state index contributed by atoms with van der Waals surface area (Å²) in [7, 11) is 1.28.